The van der Waals surface area contributed by atoms with Crippen LogP contribution in [0, 0.1) is 13.8 Å². The summed E-state index contributed by atoms with van der Waals surface area (Å²) in [6.07, 6.45) is 7.26. The zero-order valence-corrected chi connectivity index (χ0v) is 13.1. The van der Waals surface area contributed by atoms with E-state index in [1.54, 1.807) is 12.4 Å². The monoisotopic (exact) mass is 308 g/mol. The molecule has 8 heteroatoms. The summed E-state index contributed by atoms with van der Waals surface area (Å²) in [5, 5.41) is 14.4. The van der Waals surface area contributed by atoms with Gasteiger partial charge in [0.05, 0.1) is 11.9 Å². The number of hydrogen-bond donors (Lipinski definition) is 2. The highest BCUT2D eigenvalue weighted by molar-refractivity contribution is 5.82. The Kier molecular flexibility index (Phi) is 2.90. The zero-order chi connectivity index (χ0) is 16.0. The first-order valence-electron chi connectivity index (χ1n) is 7.24. The van der Waals surface area contributed by atoms with Gasteiger partial charge >= 0.3 is 0 Å². The first kappa shape index (κ1) is 13.5. The molecule has 0 aliphatic heterocycles. The van der Waals surface area contributed by atoms with E-state index in [-0.39, 0.29) is 0 Å². The number of anilines is 2. The van der Waals surface area contributed by atoms with Crippen LogP contribution >= 0.6 is 0 Å². The highest BCUT2D eigenvalue weighted by Gasteiger charge is 2.18. The molecule has 0 amide bonds. The SMILES string of the molecule is Cc1nc(Nc2cc[nH]n2)n2ccnc2c1-c1cnn(C)c1C. The predicted molar refractivity (Wildman–Crippen MR) is 86.5 cm³/mol. The Bertz CT molecular complexity index is 977. The van der Waals surface area contributed by atoms with Crippen LogP contribution in [-0.2, 0) is 7.05 Å². The van der Waals surface area contributed by atoms with E-state index in [0.717, 1.165) is 28.2 Å². The average molecular weight is 308 g/mol. The summed E-state index contributed by atoms with van der Waals surface area (Å²) >= 11 is 0. The average Bonchev–Trinajstić information content (AvgIpc) is 3.25. The van der Waals surface area contributed by atoms with Crippen LogP contribution in [0.4, 0.5) is 11.8 Å². The van der Waals surface area contributed by atoms with E-state index in [0.29, 0.717) is 11.8 Å². The molecule has 0 aliphatic rings. The van der Waals surface area contributed by atoms with Crippen LogP contribution in [0.1, 0.15) is 11.4 Å². The Morgan fingerprint density at radius 3 is 2.83 bits per heavy atom. The first-order chi connectivity index (χ1) is 11.1. The molecule has 0 aromatic carbocycles. The van der Waals surface area contributed by atoms with Crippen molar-refractivity contribution in [2.75, 3.05) is 5.32 Å². The van der Waals surface area contributed by atoms with Crippen LogP contribution in [0.5, 0.6) is 0 Å². The molecule has 0 radical (unpaired) electrons. The fraction of sp³-hybridized carbons (Fsp3) is 0.200. The highest BCUT2D eigenvalue weighted by Crippen LogP contribution is 2.30. The van der Waals surface area contributed by atoms with Crippen LogP contribution < -0.4 is 5.32 Å². The largest absolute Gasteiger partial charge is 0.308 e. The summed E-state index contributed by atoms with van der Waals surface area (Å²) in [5.41, 5.74) is 4.84. The second-order valence-electron chi connectivity index (χ2n) is 5.37. The standard InChI is InChI=1S/C15H16N8/c1-9-13(11-8-18-22(3)10(11)2)14-16-6-7-23(14)15(19-9)20-12-4-5-17-21-12/h4-8H,1-3H3,(H2,17,19,20,21). The summed E-state index contributed by atoms with van der Waals surface area (Å²) in [5.74, 6) is 1.38. The van der Waals surface area contributed by atoms with Crippen molar-refractivity contribution in [2.24, 2.45) is 7.05 Å². The van der Waals surface area contributed by atoms with E-state index >= 15 is 0 Å². The Hall–Kier alpha value is -3.16. The lowest BCUT2D eigenvalue weighted by Crippen LogP contribution is -2.05. The minimum Gasteiger partial charge on any atom is -0.308 e. The number of imidazole rings is 1. The molecular weight excluding hydrogens is 292 g/mol. The summed E-state index contributed by atoms with van der Waals surface area (Å²) in [6, 6.07) is 1.85. The third-order valence-electron chi connectivity index (χ3n) is 3.97. The molecule has 116 valence electrons. The topological polar surface area (TPSA) is 88.7 Å². The maximum atomic E-state index is 4.70. The van der Waals surface area contributed by atoms with Crippen LogP contribution in [-0.4, -0.2) is 34.3 Å². The van der Waals surface area contributed by atoms with Gasteiger partial charge in [0.25, 0.3) is 0 Å². The fourth-order valence-electron chi connectivity index (χ4n) is 2.68. The Balaban J connectivity index is 1.93. The molecule has 0 bridgehead atoms. The summed E-state index contributed by atoms with van der Waals surface area (Å²) in [7, 11) is 1.93. The quantitative estimate of drug-likeness (QED) is 0.606. The lowest BCUT2D eigenvalue weighted by Gasteiger charge is -2.12. The van der Waals surface area contributed by atoms with Crippen molar-refractivity contribution >= 4 is 17.4 Å². The second-order valence-corrected chi connectivity index (χ2v) is 5.37. The lowest BCUT2D eigenvalue weighted by molar-refractivity contribution is 0.740. The molecule has 0 fully saturated rings. The molecule has 0 saturated carbocycles. The number of nitrogens with zero attached hydrogens (tertiary/aromatic N) is 6. The second kappa shape index (κ2) is 4.94. The molecule has 4 heterocycles. The predicted octanol–water partition coefficient (Wildman–Crippen LogP) is 2.21. The van der Waals surface area contributed by atoms with Gasteiger partial charge in [0.1, 0.15) is 5.65 Å². The van der Waals surface area contributed by atoms with E-state index in [4.69, 9.17) is 4.98 Å². The van der Waals surface area contributed by atoms with E-state index < -0.39 is 0 Å². The van der Waals surface area contributed by atoms with Crippen LogP contribution in [0.2, 0.25) is 0 Å². The normalized spacial score (nSPS) is 11.3. The molecule has 0 unspecified atom stereocenters. The molecule has 0 saturated heterocycles. The van der Waals surface area contributed by atoms with Crippen molar-refractivity contribution in [1.82, 2.24) is 34.3 Å². The van der Waals surface area contributed by atoms with Gasteiger partial charge in [-0.2, -0.15) is 10.2 Å². The minimum absolute atomic E-state index is 0.674. The van der Waals surface area contributed by atoms with Crippen LogP contribution in [0.15, 0.2) is 30.9 Å². The maximum Gasteiger partial charge on any atom is 0.214 e. The van der Waals surface area contributed by atoms with Gasteiger partial charge in [-0.3, -0.25) is 14.2 Å². The number of nitrogens with one attached hydrogen (secondary N) is 2. The zero-order valence-electron chi connectivity index (χ0n) is 13.1. The highest BCUT2D eigenvalue weighted by atomic mass is 15.3. The lowest BCUT2D eigenvalue weighted by atomic mass is 10.1. The van der Waals surface area contributed by atoms with Crippen LogP contribution in [0.3, 0.4) is 0 Å². The Morgan fingerprint density at radius 2 is 2.13 bits per heavy atom. The van der Waals surface area contributed by atoms with Crippen molar-refractivity contribution in [3.05, 3.63) is 42.2 Å². The third-order valence-corrected chi connectivity index (χ3v) is 3.97. The summed E-state index contributed by atoms with van der Waals surface area (Å²) in [6.45, 7) is 4.02. The van der Waals surface area contributed by atoms with Crippen molar-refractivity contribution in [3.63, 3.8) is 0 Å². The number of hydrogen-bond acceptors (Lipinski definition) is 5. The summed E-state index contributed by atoms with van der Waals surface area (Å²) < 4.78 is 3.77. The number of fused-ring (bicyclic) bond motifs is 1. The number of rotatable bonds is 3. The van der Waals surface area contributed by atoms with Crippen molar-refractivity contribution < 1.29 is 0 Å². The minimum atomic E-state index is 0.674. The van der Waals surface area contributed by atoms with E-state index in [1.165, 1.54) is 0 Å². The Morgan fingerprint density at radius 1 is 1.26 bits per heavy atom. The van der Waals surface area contributed by atoms with Crippen molar-refractivity contribution in [2.45, 2.75) is 13.8 Å². The van der Waals surface area contributed by atoms with Crippen molar-refractivity contribution in [1.29, 1.82) is 0 Å². The molecule has 23 heavy (non-hydrogen) atoms. The van der Waals surface area contributed by atoms with Gasteiger partial charge in [-0.15, -0.1) is 0 Å². The van der Waals surface area contributed by atoms with Gasteiger partial charge < -0.3 is 5.32 Å². The maximum absolute atomic E-state index is 4.70. The van der Waals surface area contributed by atoms with E-state index in [1.807, 2.05) is 48.4 Å². The number of aryl methyl sites for hydroxylation is 2. The van der Waals surface area contributed by atoms with Crippen molar-refractivity contribution in [3.8, 4) is 11.1 Å². The first-order valence-corrected chi connectivity index (χ1v) is 7.24. The number of H-pyrrole nitrogens is 1. The molecule has 4 aromatic heterocycles. The Labute approximate surface area is 132 Å². The number of aromatic nitrogens is 7. The summed E-state index contributed by atoms with van der Waals surface area (Å²) in [4.78, 5) is 9.21. The molecule has 0 atom stereocenters. The number of aromatic amines is 1. The van der Waals surface area contributed by atoms with E-state index in [2.05, 4.69) is 25.6 Å². The molecule has 8 nitrogen and oxygen atoms in total. The van der Waals surface area contributed by atoms with Gasteiger partial charge in [-0.25, -0.2) is 9.97 Å². The van der Waals surface area contributed by atoms with Gasteiger partial charge in [0, 0.05) is 48.5 Å². The molecular formula is C15H16N8. The van der Waals surface area contributed by atoms with Gasteiger partial charge in [0.15, 0.2) is 5.82 Å². The molecule has 4 aromatic rings. The molecule has 2 N–H and O–H groups in total. The van der Waals surface area contributed by atoms with Gasteiger partial charge in [-0.1, -0.05) is 0 Å². The molecule has 0 aliphatic carbocycles. The third kappa shape index (κ3) is 2.07. The molecule has 0 spiro atoms. The smallest absolute Gasteiger partial charge is 0.214 e. The molecule has 4 rings (SSSR count). The fourth-order valence-corrected chi connectivity index (χ4v) is 2.68. The van der Waals surface area contributed by atoms with Gasteiger partial charge in [-0.05, 0) is 13.8 Å². The van der Waals surface area contributed by atoms with Crippen LogP contribution in [0.25, 0.3) is 16.8 Å². The van der Waals surface area contributed by atoms with E-state index in [9.17, 15) is 0 Å². The van der Waals surface area contributed by atoms with Gasteiger partial charge in [0.2, 0.25) is 5.95 Å².